The maximum atomic E-state index is 5.38. The smallest absolute Gasteiger partial charge is 0.243 e. The zero-order chi connectivity index (χ0) is 13.9. The third kappa shape index (κ3) is 3.33. The number of anilines is 1. The van der Waals surface area contributed by atoms with Gasteiger partial charge >= 0.3 is 0 Å². The van der Waals surface area contributed by atoms with Gasteiger partial charge in [-0.25, -0.2) is 9.13 Å². The predicted molar refractivity (Wildman–Crippen MR) is 73.2 cm³/mol. The van der Waals surface area contributed by atoms with Crippen molar-refractivity contribution in [3.05, 3.63) is 30.9 Å². The highest BCUT2D eigenvalue weighted by atomic mass is 35.5. The van der Waals surface area contributed by atoms with E-state index in [4.69, 9.17) is 14.2 Å². The summed E-state index contributed by atoms with van der Waals surface area (Å²) < 4.78 is 20.2. The van der Waals surface area contributed by atoms with Crippen molar-refractivity contribution in [1.29, 1.82) is 0 Å². The summed E-state index contributed by atoms with van der Waals surface area (Å²) in [6, 6.07) is 3.76. The van der Waals surface area contributed by atoms with E-state index in [2.05, 4.69) is 9.88 Å². The molecular formula is C14H18ClN3O3. The number of nitrogens with one attached hydrogen (secondary N) is 1. The average molecular weight is 312 g/mol. The minimum Gasteiger partial charge on any atom is -1.00 e. The summed E-state index contributed by atoms with van der Waals surface area (Å²) in [6.45, 7) is 1.94. The van der Waals surface area contributed by atoms with Crippen LogP contribution < -0.4 is 36.5 Å². The van der Waals surface area contributed by atoms with Crippen molar-refractivity contribution >= 4 is 5.69 Å². The van der Waals surface area contributed by atoms with Gasteiger partial charge in [-0.1, -0.05) is 0 Å². The van der Waals surface area contributed by atoms with Crippen molar-refractivity contribution in [2.24, 2.45) is 7.05 Å². The van der Waals surface area contributed by atoms with Gasteiger partial charge in [-0.05, 0) is 0 Å². The minimum absolute atomic E-state index is 0. The van der Waals surface area contributed by atoms with Crippen molar-refractivity contribution in [2.75, 3.05) is 25.8 Å². The van der Waals surface area contributed by atoms with E-state index in [1.54, 1.807) is 7.11 Å². The van der Waals surface area contributed by atoms with E-state index in [0.717, 1.165) is 36.0 Å². The highest BCUT2D eigenvalue weighted by molar-refractivity contribution is 5.65. The number of ether oxygens (including phenoxy) is 3. The van der Waals surface area contributed by atoms with Gasteiger partial charge in [-0.15, -0.1) is 0 Å². The number of halogens is 1. The van der Waals surface area contributed by atoms with Crippen LogP contribution in [0.4, 0.5) is 5.69 Å². The van der Waals surface area contributed by atoms with Crippen LogP contribution in [0.15, 0.2) is 30.9 Å². The lowest BCUT2D eigenvalue weighted by atomic mass is 10.2. The fraction of sp³-hybridized carbons (Fsp3) is 0.357. The predicted octanol–water partition coefficient (Wildman–Crippen LogP) is -1.83. The van der Waals surface area contributed by atoms with Crippen LogP contribution in [0.5, 0.6) is 17.2 Å². The Balaban J connectivity index is 0.00000161. The number of hydrogen-bond donors (Lipinski definition) is 1. The van der Waals surface area contributed by atoms with E-state index in [1.807, 2.05) is 42.5 Å². The molecule has 6 nitrogen and oxygen atoms in total. The lowest BCUT2D eigenvalue weighted by molar-refractivity contribution is -0.693. The molecule has 0 bridgehead atoms. The molecule has 1 N–H and O–H groups in total. The van der Waals surface area contributed by atoms with Gasteiger partial charge in [0, 0.05) is 12.1 Å². The molecule has 1 aromatic carbocycles. The van der Waals surface area contributed by atoms with Gasteiger partial charge in [0.25, 0.3) is 0 Å². The number of nitrogens with zero attached hydrogens (tertiary/aromatic N) is 2. The quantitative estimate of drug-likeness (QED) is 0.660. The molecule has 0 spiro atoms. The Morgan fingerprint density at radius 1 is 1.33 bits per heavy atom. The molecule has 0 saturated carbocycles. The summed E-state index contributed by atoms with van der Waals surface area (Å²) in [4.78, 5) is 0. The SMILES string of the molecule is COc1cc2c(cc1NCC[n+]1ccn(C)c1)OCO2.[Cl-]. The lowest BCUT2D eigenvalue weighted by Gasteiger charge is -2.11. The first kappa shape index (κ1) is 15.3. The third-order valence-corrected chi connectivity index (χ3v) is 3.20. The Bertz CT molecular complexity index is 616. The average Bonchev–Trinajstić information content (AvgIpc) is 3.06. The summed E-state index contributed by atoms with van der Waals surface area (Å²) in [6.07, 6.45) is 6.10. The second-order valence-corrected chi connectivity index (χ2v) is 4.65. The maximum Gasteiger partial charge on any atom is 0.243 e. The van der Waals surface area contributed by atoms with E-state index in [1.165, 1.54) is 0 Å². The van der Waals surface area contributed by atoms with Crippen LogP contribution in [0.1, 0.15) is 0 Å². The second-order valence-electron chi connectivity index (χ2n) is 4.65. The topological polar surface area (TPSA) is 48.5 Å². The fourth-order valence-electron chi connectivity index (χ4n) is 2.18. The van der Waals surface area contributed by atoms with Crippen molar-refractivity contribution in [1.82, 2.24) is 4.57 Å². The number of fused-ring (bicyclic) bond motifs is 1. The van der Waals surface area contributed by atoms with E-state index in [0.29, 0.717) is 0 Å². The van der Waals surface area contributed by atoms with Crippen LogP contribution in [0.2, 0.25) is 0 Å². The Hall–Kier alpha value is -2.08. The molecule has 3 rings (SSSR count). The molecule has 7 heteroatoms. The van der Waals surface area contributed by atoms with E-state index >= 15 is 0 Å². The van der Waals surface area contributed by atoms with Gasteiger partial charge in [0.05, 0.1) is 26.4 Å². The van der Waals surface area contributed by atoms with Crippen LogP contribution in [0, 0.1) is 0 Å². The molecule has 1 aliphatic heterocycles. The Labute approximate surface area is 129 Å². The van der Waals surface area contributed by atoms with Gasteiger partial charge in [0.2, 0.25) is 13.1 Å². The second kappa shape index (κ2) is 6.58. The molecule has 0 atom stereocenters. The van der Waals surface area contributed by atoms with Crippen molar-refractivity contribution < 1.29 is 31.2 Å². The van der Waals surface area contributed by atoms with E-state index < -0.39 is 0 Å². The Kier molecular flexibility index (Phi) is 4.80. The number of benzene rings is 1. The largest absolute Gasteiger partial charge is 1.00 e. The maximum absolute atomic E-state index is 5.38. The molecular weight excluding hydrogens is 294 g/mol. The summed E-state index contributed by atoms with van der Waals surface area (Å²) in [5, 5.41) is 3.36. The van der Waals surface area contributed by atoms with Crippen LogP contribution >= 0.6 is 0 Å². The monoisotopic (exact) mass is 311 g/mol. The van der Waals surface area contributed by atoms with Gasteiger partial charge in [0.1, 0.15) is 24.7 Å². The molecule has 0 saturated heterocycles. The highest BCUT2D eigenvalue weighted by Gasteiger charge is 2.17. The van der Waals surface area contributed by atoms with E-state index in [-0.39, 0.29) is 19.2 Å². The van der Waals surface area contributed by atoms with Crippen LogP contribution in [0.25, 0.3) is 0 Å². The van der Waals surface area contributed by atoms with Crippen molar-refractivity contribution in [3.8, 4) is 17.2 Å². The molecule has 114 valence electrons. The standard InChI is InChI=1S/C14H18N3O3.ClH/c1-16-5-6-17(9-16)4-3-15-11-7-13-14(20-10-19-13)8-12(11)18-2;/h5-9,15H,3-4,10H2,1-2H3;1H/q+1;/p-1. The zero-order valence-corrected chi connectivity index (χ0v) is 12.8. The fourth-order valence-corrected chi connectivity index (χ4v) is 2.18. The summed E-state index contributed by atoms with van der Waals surface area (Å²) in [7, 11) is 3.65. The molecule has 1 aromatic heterocycles. The first-order valence-corrected chi connectivity index (χ1v) is 6.49. The Morgan fingerprint density at radius 3 is 2.76 bits per heavy atom. The molecule has 2 heterocycles. The third-order valence-electron chi connectivity index (χ3n) is 3.20. The van der Waals surface area contributed by atoms with Gasteiger partial charge in [0.15, 0.2) is 11.5 Å². The number of aryl methyl sites for hydroxylation is 1. The van der Waals surface area contributed by atoms with Crippen LogP contribution in [-0.2, 0) is 13.6 Å². The number of aromatic nitrogens is 2. The van der Waals surface area contributed by atoms with Gasteiger partial charge in [-0.2, -0.15) is 0 Å². The minimum atomic E-state index is 0. The van der Waals surface area contributed by atoms with Gasteiger partial charge < -0.3 is 31.9 Å². The van der Waals surface area contributed by atoms with E-state index in [9.17, 15) is 0 Å². The normalized spacial score (nSPS) is 11.9. The first-order chi connectivity index (χ1) is 9.76. The van der Waals surface area contributed by atoms with Crippen LogP contribution in [0.3, 0.4) is 0 Å². The zero-order valence-electron chi connectivity index (χ0n) is 12.0. The summed E-state index contributed by atoms with van der Waals surface area (Å²) in [5.74, 6) is 2.23. The number of rotatable bonds is 5. The number of imidazole rings is 1. The molecule has 0 unspecified atom stereocenters. The lowest BCUT2D eigenvalue weighted by Crippen LogP contribution is -3.00. The molecule has 2 aromatic rings. The van der Waals surface area contributed by atoms with Crippen molar-refractivity contribution in [2.45, 2.75) is 6.54 Å². The first-order valence-electron chi connectivity index (χ1n) is 6.49. The molecule has 0 amide bonds. The summed E-state index contributed by atoms with van der Waals surface area (Å²) >= 11 is 0. The molecule has 1 aliphatic rings. The molecule has 21 heavy (non-hydrogen) atoms. The molecule has 0 fully saturated rings. The Morgan fingerprint density at radius 2 is 2.10 bits per heavy atom. The molecule has 0 radical (unpaired) electrons. The number of methoxy groups -OCH3 is 1. The summed E-state index contributed by atoms with van der Waals surface area (Å²) in [5.41, 5.74) is 0.910. The number of hydrogen-bond acceptors (Lipinski definition) is 4. The molecule has 0 aliphatic carbocycles. The van der Waals surface area contributed by atoms with Gasteiger partial charge in [-0.3, -0.25) is 0 Å². The highest BCUT2D eigenvalue weighted by Crippen LogP contribution is 2.40. The van der Waals surface area contributed by atoms with Crippen molar-refractivity contribution in [3.63, 3.8) is 0 Å². The van der Waals surface area contributed by atoms with Crippen LogP contribution in [-0.4, -0.2) is 25.0 Å².